The molecule has 0 saturated carbocycles. The van der Waals surface area contributed by atoms with Gasteiger partial charge in [-0.2, -0.15) is 0 Å². The number of nitrogens with zero attached hydrogens (tertiary/aromatic N) is 2. The Kier molecular flexibility index (Phi) is 6.31. The number of carbonyl (C=O) groups excluding carboxylic acids is 1. The molecule has 6 nitrogen and oxygen atoms in total. The van der Waals surface area contributed by atoms with Gasteiger partial charge in [-0.25, -0.2) is 4.79 Å². The standard InChI is InChI=1S/C22H27N3O3/c1-16(2)24-11-13-25(14-12-24)20-9-7-18(8-10-20)21(26)23-15-17-3-5-19(6-4-17)22(27)28/h3-10,16H,11-15H2,1-2H3,(H,23,26)(H,27,28). The van der Waals surface area contributed by atoms with Gasteiger partial charge in [0.15, 0.2) is 0 Å². The molecule has 0 spiro atoms. The Balaban J connectivity index is 1.53. The van der Waals surface area contributed by atoms with Gasteiger partial charge in [0.05, 0.1) is 5.56 Å². The minimum absolute atomic E-state index is 0.140. The second kappa shape index (κ2) is 8.89. The number of carboxylic acids is 1. The predicted molar refractivity (Wildman–Crippen MR) is 110 cm³/mol. The molecule has 0 aromatic heterocycles. The highest BCUT2D eigenvalue weighted by atomic mass is 16.4. The zero-order valence-corrected chi connectivity index (χ0v) is 16.4. The van der Waals surface area contributed by atoms with E-state index in [9.17, 15) is 9.59 Å². The van der Waals surface area contributed by atoms with Crippen molar-refractivity contribution in [2.75, 3.05) is 31.1 Å². The summed E-state index contributed by atoms with van der Waals surface area (Å²) >= 11 is 0. The third kappa shape index (κ3) is 4.89. The molecule has 0 radical (unpaired) electrons. The highest BCUT2D eigenvalue weighted by Crippen LogP contribution is 2.18. The fourth-order valence-electron chi connectivity index (χ4n) is 3.37. The number of carbonyl (C=O) groups is 2. The number of rotatable bonds is 6. The normalized spacial score (nSPS) is 14.9. The van der Waals surface area contributed by atoms with Crippen LogP contribution >= 0.6 is 0 Å². The van der Waals surface area contributed by atoms with E-state index in [1.807, 2.05) is 24.3 Å². The summed E-state index contributed by atoms with van der Waals surface area (Å²) in [5, 5.41) is 11.8. The van der Waals surface area contributed by atoms with E-state index in [4.69, 9.17) is 5.11 Å². The zero-order valence-electron chi connectivity index (χ0n) is 16.4. The second-order valence-corrected chi connectivity index (χ2v) is 7.35. The van der Waals surface area contributed by atoms with Crippen LogP contribution in [0.5, 0.6) is 0 Å². The third-order valence-electron chi connectivity index (χ3n) is 5.19. The Hall–Kier alpha value is -2.86. The van der Waals surface area contributed by atoms with Gasteiger partial charge in [0.2, 0.25) is 0 Å². The number of benzene rings is 2. The van der Waals surface area contributed by atoms with E-state index >= 15 is 0 Å². The fraction of sp³-hybridized carbons (Fsp3) is 0.364. The third-order valence-corrected chi connectivity index (χ3v) is 5.19. The van der Waals surface area contributed by atoms with Crippen LogP contribution in [0.3, 0.4) is 0 Å². The van der Waals surface area contributed by atoms with Crippen molar-refractivity contribution in [1.29, 1.82) is 0 Å². The Morgan fingerprint density at radius 1 is 0.929 bits per heavy atom. The van der Waals surface area contributed by atoms with Crippen LogP contribution in [-0.2, 0) is 6.54 Å². The average Bonchev–Trinajstić information content (AvgIpc) is 2.72. The predicted octanol–water partition coefficient (Wildman–Crippen LogP) is 2.85. The quantitative estimate of drug-likeness (QED) is 0.805. The highest BCUT2D eigenvalue weighted by Gasteiger charge is 2.19. The van der Waals surface area contributed by atoms with Gasteiger partial charge in [0, 0.05) is 50.0 Å². The van der Waals surface area contributed by atoms with Gasteiger partial charge in [-0.05, 0) is 55.8 Å². The first-order valence-corrected chi connectivity index (χ1v) is 9.63. The van der Waals surface area contributed by atoms with Crippen LogP contribution in [0, 0.1) is 0 Å². The molecule has 3 rings (SSSR count). The lowest BCUT2D eigenvalue weighted by atomic mass is 10.1. The fourth-order valence-corrected chi connectivity index (χ4v) is 3.37. The monoisotopic (exact) mass is 381 g/mol. The van der Waals surface area contributed by atoms with E-state index in [0.717, 1.165) is 37.4 Å². The molecular weight excluding hydrogens is 354 g/mol. The van der Waals surface area contributed by atoms with E-state index in [1.165, 1.54) is 12.1 Å². The minimum Gasteiger partial charge on any atom is -0.478 e. The largest absolute Gasteiger partial charge is 0.478 e. The van der Waals surface area contributed by atoms with Gasteiger partial charge < -0.3 is 15.3 Å². The van der Waals surface area contributed by atoms with Crippen LogP contribution in [0.4, 0.5) is 5.69 Å². The number of amides is 1. The van der Waals surface area contributed by atoms with E-state index in [1.54, 1.807) is 12.1 Å². The molecule has 1 heterocycles. The number of aromatic carboxylic acids is 1. The second-order valence-electron chi connectivity index (χ2n) is 7.35. The van der Waals surface area contributed by atoms with Crippen molar-refractivity contribution in [3.8, 4) is 0 Å². The lowest BCUT2D eigenvalue weighted by Crippen LogP contribution is -2.48. The molecule has 1 fully saturated rings. The summed E-state index contributed by atoms with van der Waals surface area (Å²) < 4.78 is 0. The first-order chi connectivity index (χ1) is 13.4. The Labute approximate surface area is 165 Å². The average molecular weight is 381 g/mol. The molecule has 2 N–H and O–H groups in total. The molecule has 1 saturated heterocycles. The van der Waals surface area contributed by atoms with E-state index in [0.29, 0.717) is 18.2 Å². The van der Waals surface area contributed by atoms with Crippen LogP contribution < -0.4 is 10.2 Å². The summed E-state index contributed by atoms with van der Waals surface area (Å²) in [5.41, 5.74) is 2.86. The molecule has 1 amide bonds. The maximum absolute atomic E-state index is 12.4. The molecule has 0 atom stereocenters. The lowest BCUT2D eigenvalue weighted by molar-refractivity contribution is 0.0696. The zero-order chi connectivity index (χ0) is 20.1. The van der Waals surface area contributed by atoms with Crippen LogP contribution in [0.25, 0.3) is 0 Å². The first kappa shape index (κ1) is 19.9. The Morgan fingerprint density at radius 2 is 1.50 bits per heavy atom. The first-order valence-electron chi connectivity index (χ1n) is 9.63. The summed E-state index contributed by atoms with van der Waals surface area (Å²) in [4.78, 5) is 28.1. The van der Waals surface area contributed by atoms with Crippen molar-refractivity contribution in [3.05, 3.63) is 65.2 Å². The molecule has 2 aromatic carbocycles. The van der Waals surface area contributed by atoms with Crippen molar-refractivity contribution in [1.82, 2.24) is 10.2 Å². The lowest BCUT2D eigenvalue weighted by Gasteiger charge is -2.38. The number of hydrogen-bond donors (Lipinski definition) is 2. The van der Waals surface area contributed by atoms with E-state index in [-0.39, 0.29) is 11.5 Å². The van der Waals surface area contributed by atoms with E-state index < -0.39 is 5.97 Å². The van der Waals surface area contributed by atoms with Crippen molar-refractivity contribution < 1.29 is 14.7 Å². The summed E-state index contributed by atoms with van der Waals surface area (Å²) in [6.07, 6.45) is 0. The van der Waals surface area contributed by atoms with Gasteiger partial charge in [-0.15, -0.1) is 0 Å². The van der Waals surface area contributed by atoms with Crippen molar-refractivity contribution >= 4 is 17.6 Å². The molecule has 148 valence electrons. The minimum atomic E-state index is -0.957. The van der Waals surface area contributed by atoms with Crippen LogP contribution in [0.1, 0.15) is 40.1 Å². The molecule has 1 aliphatic rings. The maximum Gasteiger partial charge on any atom is 0.335 e. The SMILES string of the molecule is CC(C)N1CCN(c2ccc(C(=O)NCc3ccc(C(=O)O)cc3)cc2)CC1. The summed E-state index contributed by atoms with van der Waals surface area (Å²) in [6.45, 7) is 8.91. The van der Waals surface area contributed by atoms with Crippen molar-refractivity contribution in [2.45, 2.75) is 26.4 Å². The van der Waals surface area contributed by atoms with Crippen molar-refractivity contribution in [2.24, 2.45) is 0 Å². The van der Waals surface area contributed by atoms with Gasteiger partial charge in [0.25, 0.3) is 5.91 Å². The molecule has 0 aliphatic carbocycles. The van der Waals surface area contributed by atoms with Gasteiger partial charge in [-0.3, -0.25) is 9.69 Å². The van der Waals surface area contributed by atoms with Gasteiger partial charge >= 0.3 is 5.97 Å². The number of nitrogens with one attached hydrogen (secondary N) is 1. The number of hydrogen-bond acceptors (Lipinski definition) is 4. The van der Waals surface area contributed by atoms with Crippen LogP contribution in [0.15, 0.2) is 48.5 Å². The molecular formula is C22H27N3O3. The molecule has 0 bridgehead atoms. The molecule has 1 aliphatic heterocycles. The Bertz CT molecular complexity index is 808. The highest BCUT2D eigenvalue weighted by molar-refractivity contribution is 5.94. The molecule has 6 heteroatoms. The van der Waals surface area contributed by atoms with Gasteiger partial charge in [-0.1, -0.05) is 12.1 Å². The Morgan fingerprint density at radius 3 is 2.04 bits per heavy atom. The number of anilines is 1. The maximum atomic E-state index is 12.4. The summed E-state index contributed by atoms with van der Waals surface area (Å²) in [7, 11) is 0. The molecule has 28 heavy (non-hydrogen) atoms. The summed E-state index contributed by atoms with van der Waals surface area (Å²) in [6, 6.07) is 14.8. The topological polar surface area (TPSA) is 72.9 Å². The summed E-state index contributed by atoms with van der Waals surface area (Å²) in [5.74, 6) is -1.10. The number of carboxylic acid groups (broad SMARTS) is 1. The smallest absolute Gasteiger partial charge is 0.335 e. The van der Waals surface area contributed by atoms with E-state index in [2.05, 4.69) is 29.0 Å². The van der Waals surface area contributed by atoms with Gasteiger partial charge in [0.1, 0.15) is 0 Å². The van der Waals surface area contributed by atoms with Crippen molar-refractivity contribution in [3.63, 3.8) is 0 Å². The number of piperazine rings is 1. The van der Waals surface area contributed by atoms with Crippen LogP contribution in [-0.4, -0.2) is 54.1 Å². The van der Waals surface area contributed by atoms with Crippen LogP contribution in [0.2, 0.25) is 0 Å². The molecule has 2 aromatic rings. The molecule has 0 unspecified atom stereocenters.